The molecule has 0 aromatic heterocycles. The van der Waals surface area contributed by atoms with Crippen LogP contribution in [0.15, 0.2) is 30.3 Å². The number of ether oxygens (including phenoxy) is 1. The fourth-order valence-corrected chi connectivity index (χ4v) is 3.32. The Morgan fingerprint density at radius 3 is 2.67 bits per heavy atom. The van der Waals surface area contributed by atoms with Gasteiger partial charge in [-0.1, -0.05) is 35.3 Å². The van der Waals surface area contributed by atoms with Crippen molar-refractivity contribution in [1.29, 1.82) is 0 Å². The average molecular weight is 323 g/mol. The minimum Gasteiger partial charge on any atom is -0.484 e. The first-order valence-corrected chi connectivity index (χ1v) is 7.55. The highest BCUT2D eigenvalue weighted by Gasteiger charge is 2.23. The summed E-state index contributed by atoms with van der Waals surface area (Å²) in [4.78, 5) is 0. The molecule has 0 spiro atoms. The van der Waals surface area contributed by atoms with E-state index in [1.165, 1.54) is 0 Å². The Hall–Kier alpha value is -1.42. The van der Waals surface area contributed by atoms with Crippen molar-refractivity contribution in [3.8, 4) is 16.9 Å². The van der Waals surface area contributed by atoms with Crippen molar-refractivity contribution in [1.82, 2.24) is 0 Å². The number of halogens is 2. The summed E-state index contributed by atoms with van der Waals surface area (Å²) in [5.41, 5.74) is 9.35. The third kappa shape index (κ3) is 2.69. The van der Waals surface area contributed by atoms with Gasteiger partial charge in [-0.3, -0.25) is 0 Å². The first-order valence-electron chi connectivity index (χ1n) is 6.79. The van der Waals surface area contributed by atoms with E-state index in [2.05, 4.69) is 5.32 Å². The van der Waals surface area contributed by atoms with Crippen molar-refractivity contribution in [2.75, 3.05) is 18.4 Å². The van der Waals surface area contributed by atoms with Crippen molar-refractivity contribution >= 4 is 28.9 Å². The highest BCUT2D eigenvalue weighted by molar-refractivity contribution is 6.39. The van der Waals surface area contributed by atoms with Gasteiger partial charge in [-0.2, -0.15) is 0 Å². The van der Waals surface area contributed by atoms with Crippen LogP contribution in [0, 0.1) is 6.92 Å². The normalized spacial score (nSPS) is 16.9. The van der Waals surface area contributed by atoms with Gasteiger partial charge in [-0.15, -0.1) is 0 Å². The van der Waals surface area contributed by atoms with E-state index in [9.17, 15) is 0 Å². The number of benzene rings is 2. The van der Waals surface area contributed by atoms with Gasteiger partial charge in [0.05, 0.1) is 22.3 Å². The summed E-state index contributed by atoms with van der Waals surface area (Å²) in [5.74, 6) is 0.756. The number of rotatable bonds is 2. The number of nitrogens with one attached hydrogen (secondary N) is 1. The van der Waals surface area contributed by atoms with Gasteiger partial charge >= 0.3 is 0 Å². The van der Waals surface area contributed by atoms with Crippen LogP contribution in [0.2, 0.25) is 10.0 Å². The second-order valence-electron chi connectivity index (χ2n) is 5.14. The minimum atomic E-state index is -0.0540. The van der Waals surface area contributed by atoms with Crippen molar-refractivity contribution in [2.45, 2.75) is 13.0 Å². The number of aryl methyl sites for hydroxylation is 1. The standard InChI is InChI=1S/C16H16Cl2N2O/c1-9-5-12(17)15(13(18)6-9)11-3-2-4-14-16(11)21-10(7-19)8-20-14/h2-6,10,20H,7-8,19H2,1H3/t10-/m0/s1. The summed E-state index contributed by atoms with van der Waals surface area (Å²) >= 11 is 12.8. The molecule has 0 saturated carbocycles. The van der Waals surface area contributed by atoms with Crippen LogP contribution in [0.4, 0.5) is 5.69 Å². The van der Waals surface area contributed by atoms with E-state index in [-0.39, 0.29) is 6.10 Å². The van der Waals surface area contributed by atoms with E-state index in [4.69, 9.17) is 33.7 Å². The summed E-state index contributed by atoms with van der Waals surface area (Å²) in [7, 11) is 0. The van der Waals surface area contributed by atoms with Gasteiger partial charge < -0.3 is 15.8 Å². The lowest BCUT2D eigenvalue weighted by molar-refractivity contribution is 0.215. The molecule has 3 N–H and O–H groups in total. The van der Waals surface area contributed by atoms with Gasteiger partial charge in [0.25, 0.3) is 0 Å². The van der Waals surface area contributed by atoms with Crippen LogP contribution < -0.4 is 15.8 Å². The lowest BCUT2D eigenvalue weighted by Gasteiger charge is -2.28. The summed E-state index contributed by atoms with van der Waals surface area (Å²) in [5, 5.41) is 4.57. The Kier molecular flexibility index (Phi) is 3.98. The van der Waals surface area contributed by atoms with E-state index in [0.717, 1.165) is 28.1 Å². The largest absolute Gasteiger partial charge is 0.484 e. The Morgan fingerprint density at radius 1 is 1.29 bits per heavy atom. The molecular formula is C16H16Cl2N2O. The van der Waals surface area contributed by atoms with E-state index in [1.54, 1.807) is 0 Å². The zero-order valence-corrected chi connectivity index (χ0v) is 13.1. The number of nitrogens with two attached hydrogens (primary N) is 1. The molecule has 3 rings (SSSR count). The molecule has 3 nitrogen and oxygen atoms in total. The molecule has 1 atom stereocenters. The van der Waals surface area contributed by atoms with E-state index < -0.39 is 0 Å². The van der Waals surface area contributed by atoms with Crippen LogP contribution in [0.25, 0.3) is 11.1 Å². The molecule has 1 heterocycles. The zero-order valence-electron chi connectivity index (χ0n) is 11.6. The van der Waals surface area contributed by atoms with Crippen LogP contribution in [0.3, 0.4) is 0 Å². The van der Waals surface area contributed by atoms with Crippen molar-refractivity contribution in [3.05, 3.63) is 45.9 Å². The summed E-state index contributed by atoms with van der Waals surface area (Å²) in [6, 6.07) is 9.70. The number of hydrogen-bond donors (Lipinski definition) is 2. The maximum Gasteiger partial charge on any atom is 0.150 e. The molecule has 5 heteroatoms. The number of hydrogen-bond acceptors (Lipinski definition) is 3. The molecule has 0 fully saturated rings. The van der Waals surface area contributed by atoms with Gasteiger partial charge in [0.2, 0.25) is 0 Å². The molecule has 0 unspecified atom stereocenters. The van der Waals surface area contributed by atoms with Gasteiger partial charge in [-0.05, 0) is 30.7 Å². The first kappa shape index (κ1) is 14.5. The second-order valence-corrected chi connectivity index (χ2v) is 5.96. The molecule has 2 aromatic carbocycles. The fourth-order valence-electron chi connectivity index (χ4n) is 2.52. The van der Waals surface area contributed by atoms with E-state index in [1.807, 2.05) is 37.3 Å². The van der Waals surface area contributed by atoms with Gasteiger partial charge in [0.15, 0.2) is 5.75 Å². The third-order valence-corrected chi connectivity index (χ3v) is 4.13. The predicted octanol–water partition coefficient (Wildman–Crippen LogP) is 4.10. The third-order valence-electron chi connectivity index (χ3n) is 3.54. The lowest BCUT2D eigenvalue weighted by atomic mass is 10.0. The van der Waals surface area contributed by atoms with Crippen LogP contribution >= 0.6 is 23.2 Å². The van der Waals surface area contributed by atoms with E-state index >= 15 is 0 Å². The molecule has 1 aliphatic rings. The maximum atomic E-state index is 6.40. The van der Waals surface area contributed by atoms with Crippen molar-refractivity contribution in [2.24, 2.45) is 5.73 Å². The Balaban J connectivity index is 2.17. The van der Waals surface area contributed by atoms with Gasteiger partial charge in [0.1, 0.15) is 6.10 Å². The predicted molar refractivity (Wildman–Crippen MR) is 88.6 cm³/mol. The highest BCUT2D eigenvalue weighted by atomic mass is 35.5. The molecule has 0 radical (unpaired) electrons. The summed E-state index contributed by atoms with van der Waals surface area (Å²) < 4.78 is 6.00. The van der Waals surface area contributed by atoms with Crippen LogP contribution in [-0.2, 0) is 0 Å². The molecule has 0 bridgehead atoms. The highest BCUT2D eigenvalue weighted by Crippen LogP contribution is 2.44. The topological polar surface area (TPSA) is 47.3 Å². The maximum absolute atomic E-state index is 6.40. The Labute approximate surface area is 134 Å². The molecule has 110 valence electrons. The summed E-state index contributed by atoms with van der Waals surface area (Å²) in [6.45, 7) is 3.11. The SMILES string of the molecule is Cc1cc(Cl)c(-c2cccc3c2O[C@@H](CN)CN3)c(Cl)c1. The quantitative estimate of drug-likeness (QED) is 0.875. The van der Waals surface area contributed by atoms with Crippen molar-refractivity contribution < 1.29 is 4.74 Å². The Bertz CT molecular complexity index is 665. The van der Waals surface area contributed by atoms with Gasteiger partial charge in [-0.25, -0.2) is 0 Å². The zero-order chi connectivity index (χ0) is 15.0. The molecule has 0 saturated heterocycles. The minimum absolute atomic E-state index is 0.0540. The molecular weight excluding hydrogens is 307 g/mol. The smallest absolute Gasteiger partial charge is 0.150 e. The van der Waals surface area contributed by atoms with Crippen molar-refractivity contribution in [3.63, 3.8) is 0 Å². The second kappa shape index (κ2) is 5.76. The van der Waals surface area contributed by atoms with Gasteiger partial charge in [0, 0.05) is 17.7 Å². The van der Waals surface area contributed by atoms with Crippen LogP contribution in [0.5, 0.6) is 5.75 Å². The molecule has 1 aliphatic heterocycles. The molecule has 0 aliphatic carbocycles. The fraction of sp³-hybridized carbons (Fsp3) is 0.250. The molecule has 2 aromatic rings. The lowest BCUT2D eigenvalue weighted by Crippen LogP contribution is -2.37. The monoisotopic (exact) mass is 322 g/mol. The number of fused-ring (bicyclic) bond motifs is 1. The molecule has 21 heavy (non-hydrogen) atoms. The average Bonchev–Trinajstić information content (AvgIpc) is 2.46. The molecule has 0 amide bonds. The first-order chi connectivity index (χ1) is 10.1. The van der Waals surface area contributed by atoms with E-state index in [0.29, 0.717) is 23.1 Å². The number of anilines is 1. The van der Waals surface area contributed by atoms with Crippen LogP contribution in [-0.4, -0.2) is 19.2 Å². The summed E-state index contributed by atoms with van der Waals surface area (Å²) in [6.07, 6.45) is -0.0540. The Morgan fingerprint density at radius 2 is 2.00 bits per heavy atom. The van der Waals surface area contributed by atoms with Crippen LogP contribution in [0.1, 0.15) is 5.56 Å². The number of para-hydroxylation sites is 1.